The molecular weight excluding hydrogens is 232 g/mol. The van der Waals surface area contributed by atoms with Crippen molar-refractivity contribution in [3.8, 4) is 0 Å². The summed E-state index contributed by atoms with van der Waals surface area (Å²) in [6.07, 6.45) is 4.62. The Morgan fingerprint density at radius 2 is 2.17 bits per heavy atom. The van der Waals surface area contributed by atoms with Gasteiger partial charge in [-0.3, -0.25) is 9.59 Å². The van der Waals surface area contributed by atoms with E-state index < -0.39 is 0 Å². The molecule has 3 rings (SSSR count). The lowest BCUT2D eigenvalue weighted by Crippen LogP contribution is -2.31. The van der Waals surface area contributed by atoms with Crippen LogP contribution < -0.4 is 4.90 Å². The van der Waals surface area contributed by atoms with Gasteiger partial charge in [0, 0.05) is 6.07 Å². The third-order valence-electron chi connectivity index (χ3n) is 3.72. The molecular formula is C13H14N2O3. The highest BCUT2D eigenvalue weighted by atomic mass is 16.5. The fourth-order valence-corrected chi connectivity index (χ4v) is 2.83. The molecule has 2 aliphatic rings. The van der Waals surface area contributed by atoms with Crippen LogP contribution >= 0.6 is 0 Å². The zero-order valence-corrected chi connectivity index (χ0v) is 10.3. The number of hydrogen-bond acceptors (Lipinski definition) is 4. The van der Waals surface area contributed by atoms with Gasteiger partial charge < -0.3 is 4.52 Å². The molecule has 0 aromatic carbocycles. The van der Waals surface area contributed by atoms with Crippen molar-refractivity contribution in [2.24, 2.45) is 17.8 Å². The summed E-state index contributed by atoms with van der Waals surface area (Å²) >= 11 is 0. The van der Waals surface area contributed by atoms with Crippen LogP contribution in [0.2, 0.25) is 0 Å². The summed E-state index contributed by atoms with van der Waals surface area (Å²) in [7, 11) is 0. The summed E-state index contributed by atoms with van der Waals surface area (Å²) in [5, 5.41) is 3.77. The van der Waals surface area contributed by atoms with Crippen LogP contribution in [0.3, 0.4) is 0 Å². The largest absolute Gasteiger partial charge is 0.360 e. The van der Waals surface area contributed by atoms with Crippen LogP contribution in [0.15, 0.2) is 22.7 Å². The minimum absolute atomic E-state index is 0.0956. The van der Waals surface area contributed by atoms with Gasteiger partial charge in [0.25, 0.3) is 0 Å². The highest BCUT2D eigenvalue weighted by Crippen LogP contribution is 2.40. The van der Waals surface area contributed by atoms with Gasteiger partial charge in [0.05, 0.1) is 11.8 Å². The molecule has 0 saturated carbocycles. The van der Waals surface area contributed by atoms with Gasteiger partial charge in [-0.2, -0.15) is 0 Å². The third kappa shape index (κ3) is 1.43. The molecule has 94 valence electrons. The van der Waals surface area contributed by atoms with Crippen LogP contribution in [0.5, 0.6) is 0 Å². The van der Waals surface area contributed by atoms with Crippen molar-refractivity contribution >= 4 is 17.6 Å². The zero-order chi connectivity index (χ0) is 12.9. The maximum Gasteiger partial charge on any atom is 0.239 e. The lowest BCUT2D eigenvalue weighted by atomic mass is 9.78. The van der Waals surface area contributed by atoms with Crippen molar-refractivity contribution in [1.82, 2.24) is 5.16 Å². The van der Waals surface area contributed by atoms with E-state index >= 15 is 0 Å². The first-order chi connectivity index (χ1) is 8.59. The van der Waals surface area contributed by atoms with Crippen molar-refractivity contribution in [2.75, 3.05) is 4.90 Å². The number of rotatable bonds is 1. The number of fused-ring (bicyclic) bond motifs is 1. The molecule has 1 aliphatic heterocycles. The fourth-order valence-electron chi connectivity index (χ4n) is 2.83. The van der Waals surface area contributed by atoms with Gasteiger partial charge in [-0.15, -0.1) is 0 Å². The highest BCUT2D eigenvalue weighted by Gasteiger charge is 2.51. The van der Waals surface area contributed by atoms with Crippen LogP contribution in [0.4, 0.5) is 5.82 Å². The average molecular weight is 246 g/mol. The van der Waals surface area contributed by atoms with E-state index in [1.165, 1.54) is 4.90 Å². The van der Waals surface area contributed by atoms with Crippen molar-refractivity contribution in [3.63, 3.8) is 0 Å². The summed E-state index contributed by atoms with van der Waals surface area (Å²) in [4.78, 5) is 25.8. The third-order valence-corrected chi connectivity index (χ3v) is 3.72. The van der Waals surface area contributed by atoms with Crippen LogP contribution in [-0.2, 0) is 9.59 Å². The smallest absolute Gasteiger partial charge is 0.239 e. The number of aromatic nitrogens is 1. The second kappa shape index (κ2) is 3.80. The molecule has 1 saturated heterocycles. The molecule has 18 heavy (non-hydrogen) atoms. The Kier molecular flexibility index (Phi) is 2.36. The lowest BCUT2D eigenvalue weighted by Gasteiger charge is -2.22. The van der Waals surface area contributed by atoms with E-state index in [0.717, 1.165) is 0 Å². The second-order valence-corrected chi connectivity index (χ2v) is 4.96. The van der Waals surface area contributed by atoms with E-state index in [9.17, 15) is 9.59 Å². The summed E-state index contributed by atoms with van der Waals surface area (Å²) in [6.45, 7) is 3.70. The fraction of sp³-hybridized carbons (Fsp3) is 0.462. The maximum absolute atomic E-state index is 12.4. The Morgan fingerprint density at radius 3 is 2.78 bits per heavy atom. The highest BCUT2D eigenvalue weighted by molar-refractivity contribution is 6.21. The monoisotopic (exact) mass is 246 g/mol. The van der Waals surface area contributed by atoms with Crippen molar-refractivity contribution in [2.45, 2.75) is 20.3 Å². The second-order valence-electron chi connectivity index (χ2n) is 4.96. The number of carbonyl (C=O) groups is 2. The standard InChI is InChI=1S/C13H14N2O3/c1-7-4-3-5-9-11(7)13(17)15(12(9)16)10-6-8(2)18-14-10/h3-4,6-7,9,11H,5H2,1-2H3/t7-,9-,11+/m1/s1. The molecule has 5 nitrogen and oxygen atoms in total. The molecule has 3 atom stereocenters. The van der Waals surface area contributed by atoms with E-state index in [0.29, 0.717) is 18.0 Å². The summed E-state index contributed by atoms with van der Waals surface area (Å²) < 4.78 is 4.94. The van der Waals surface area contributed by atoms with Crippen LogP contribution in [0, 0.1) is 24.7 Å². The predicted molar refractivity (Wildman–Crippen MR) is 63.6 cm³/mol. The van der Waals surface area contributed by atoms with Crippen LogP contribution in [0.1, 0.15) is 19.1 Å². The topological polar surface area (TPSA) is 63.4 Å². The van der Waals surface area contributed by atoms with Gasteiger partial charge in [0.15, 0.2) is 5.82 Å². The Labute approximate surface area is 104 Å². The van der Waals surface area contributed by atoms with Crippen molar-refractivity contribution in [1.29, 1.82) is 0 Å². The molecule has 5 heteroatoms. The Hall–Kier alpha value is -1.91. The summed E-state index contributed by atoms with van der Waals surface area (Å²) in [5.41, 5.74) is 0. The lowest BCUT2D eigenvalue weighted by molar-refractivity contribution is -0.122. The van der Waals surface area contributed by atoms with Gasteiger partial charge in [-0.05, 0) is 19.3 Å². The van der Waals surface area contributed by atoms with Gasteiger partial charge in [-0.1, -0.05) is 24.2 Å². The molecule has 2 heterocycles. The first kappa shape index (κ1) is 11.2. The Balaban J connectivity index is 1.99. The van der Waals surface area contributed by atoms with Gasteiger partial charge in [-0.25, -0.2) is 4.90 Å². The molecule has 0 bridgehead atoms. The number of imide groups is 1. The number of aryl methyl sites for hydroxylation is 1. The summed E-state index contributed by atoms with van der Waals surface area (Å²) in [6, 6.07) is 1.62. The molecule has 0 radical (unpaired) electrons. The van der Waals surface area contributed by atoms with Crippen molar-refractivity contribution in [3.05, 3.63) is 24.0 Å². The molecule has 1 aromatic heterocycles. The SMILES string of the molecule is Cc1cc(N2C(=O)[C@H]3[C@H](C)C=CC[C@H]3C2=O)no1. The zero-order valence-electron chi connectivity index (χ0n) is 10.3. The molecule has 0 unspecified atom stereocenters. The normalized spacial score (nSPS) is 31.0. The minimum Gasteiger partial charge on any atom is -0.360 e. The number of carbonyl (C=O) groups excluding carboxylic acids is 2. The Bertz CT molecular complexity index is 546. The molecule has 1 fully saturated rings. The van der Waals surface area contributed by atoms with Crippen LogP contribution in [-0.4, -0.2) is 17.0 Å². The molecule has 0 spiro atoms. The summed E-state index contributed by atoms with van der Waals surface area (Å²) in [5.74, 6) is 0.188. The number of hydrogen-bond donors (Lipinski definition) is 0. The minimum atomic E-state index is -0.250. The van der Waals surface area contributed by atoms with E-state index in [-0.39, 0.29) is 29.6 Å². The van der Waals surface area contributed by atoms with Crippen molar-refractivity contribution < 1.29 is 14.1 Å². The van der Waals surface area contributed by atoms with E-state index in [1.807, 2.05) is 19.1 Å². The molecule has 0 N–H and O–H groups in total. The molecule has 1 aromatic rings. The molecule has 2 amide bonds. The first-order valence-electron chi connectivity index (χ1n) is 6.07. The van der Waals surface area contributed by atoms with E-state index in [2.05, 4.69) is 5.16 Å². The van der Waals surface area contributed by atoms with E-state index in [4.69, 9.17) is 4.52 Å². The van der Waals surface area contributed by atoms with Gasteiger partial charge in [0.2, 0.25) is 11.8 Å². The Morgan fingerprint density at radius 1 is 1.39 bits per heavy atom. The van der Waals surface area contributed by atoms with Gasteiger partial charge in [0.1, 0.15) is 5.76 Å². The predicted octanol–water partition coefficient (Wildman–Crippen LogP) is 1.68. The van der Waals surface area contributed by atoms with E-state index in [1.54, 1.807) is 13.0 Å². The number of amides is 2. The average Bonchev–Trinajstić information content (AvgIpc) is 2.84. The van der Waals surface area contributed by atoms with Crippen LogP contribution in [0.25, 0.3) is 0 Å². The first-order valence-corrected chi connectivity index (χ1v) is 6.07. The number of anilines is 1. The quantitative estimate of drug-likeness (QED) is 0.558. The van der Waals surface area contributed by atoms with Gasteiger partial charge >= 0.3 is 0 Å². The molecule has 1 aliphatic carbocycles. The number of nitrogens with zero attached hydrogens (tertiary/aromatic N) is 2. The number of allylic oxidation sites excluding steroid dienone is 2. The maximum atomic E-state index is 12.4.